The quantitative estimate of drug-likeness (QED) is 0.880. The van der Waals surface area contributed by atoms with Crippen molar-refractivity contribution < 1.29 is 14.3 Å². The van der Waals surface area contributed by atoms with Crippen molar-refractivity contribution >= 4 is 38.5 Å². The van der Waals surface area contributed by atoms with Gasteiger partial charge in [0.1, 0.15) is 5.75 Å². The van der Waals surface area contributed by atoms with Gasteiger partial charge < -0.3 is 15.4 Å². The van der Waals surface area contributed by atoms with Gasteiger partial charge in [0.15, 0.2) is 5.13 Å². The lowest BCUT2D eigenvalue weighted by molar-refractivity contribution is -0.130. The summed E-state index contributed by atoms with van der Waals surface area (Å²) in [7, 11) is 0. The van der Waals surface area contributed by atoms with E-state index in [0.29, 0.717) is 11.7 Å². The van der Waals surface area contributed by atoms with Crippen molar-refractivity contribution in [3.8, 4) is 5.75 Å². The molecule has 0 spiro atoms. The van der Waals surface area contributed by atoms with Crippen molar-refractivity contribution in [3.05, 3.63) is 18.2 Å². The number of carbonyl (C=O) groups excluding carboxylic acids is 2. The van der Waals surface area contributed by atoms with Gasteiger partial charge in [0.05, 0.1) is 23.4 Å². The molecule has 0 aliphatic carbocycles. The molecule has 0 atom stereocenters. The molecule has 0 aliphatic rings. The number of thiazole rings is 1. The van der Waals surface area contributed by atoms with Gasteiger partial charge in [0, 0.05) is 5.41 Å². The first-order valence-electron chi connectivity index (χ1n) is 7.41. The first kappa shape index (κ1) is 17.2. The van der Waals surface area contributed by atoms with E-state index in [1.165, 1.54) is 11.3 Å². The molecule has 0 unspecified atom stereocenters. The molecule has 6 nitrogen and oxygen atoms in total. The van der Waals surface area contributed by atoms with Crippen LogP contribution in [0.2, 0.25) is 0 Å². The fraction of sp³-hybridized carbons (Fsp3) is 0.438. The maximum absolute atomic E-state index is 11.9. The lowest BCUT2D eigenvalue weighted by Crippen LogP contribution is -2.39. The normalized spacial score (nSPS) is 11.3. The van der Waals surface area contributed by atoms with Crippen molar-refractivity contribution in [3.63, 3.8) is 0 Å². The summed E-state index contributed by atoms with van der Waals surface area (Å²) < 4.78 is 6.38. The zero-order valence-corrected chi connectivity index (χ0v) is 14.5. The van der Waals surface area contributed by atoms with E-state index in [0.717, 1.165) is 16.0 Å². The Labute approximate surface area is 139 Å². The van der Waals surface area contributed by atoms with Crippen LogP contribution in [0.3, 0.4) is 0 Å². The molecule has 0 bridgehead atoms. The molecular formula is C16H21N3O3S. The van der Waals surface area contributed by atoms with Gasteiger partial charge in [-0.1, -0.05) is 32.1 Å². The number of amides is 2. The molecule has 1 aromatic heterocycles. The molecule has 2 amide bonds. The Hall–Kier alpha value is -2.15. The van der Waals surface area contributed by atoms with Crippen LogP contribution in [0.25, 0.3) is 10.2 Å². The third-order valence-corrected chi connectivity index (χ3v) is 3.94. The van der Waals surface area contributed by atoms with Gasteiger partial charge in [-0.3, -0.25) is 9.59 Å². The molecule has 0 fully saturated rings. The number of nitrogens with zero attached hydrogens (tertiary/aromatic N) is 1. The smallest absolute Gasteiger partial charge is 0.245 e. The van der Waals surface area contributed by atoms with Crippen molar-refractivity contribution in [2.45, 2.75) is 27.7 Å². The predicted octanol–water partition coefficient (Wildman–Crippen LogP) is 2.80. The Morgan fingerprint density at radius 1 is 1.30 bits per heavy atom. The summed E-state index contributed by atoms with van der Waals surface area (Å²) in [4.78, 5) is 28.0. The summed E-state index contributed by atoms with van der Waals surface area (Å²) in [5.74, 6) is 0.309. The molecule has 23 heavy (non-hydrogen) atoms. The van der Waals surface area contributed by atoms with Crippen LogP contribution in [0.15, 0.2) is 18.2 Å². The third kappa shape index (κ3) is 4.66. The first-order valence-corrected chi connectivity index (χ1v) is 8.23. The Kier molecular flexibility index (Phi) is 5.20. The molecule has 0 aliphatic heterocycles. The zero-order valence-electron chi connectivity index (χ0n) is 13.7. The fourth-order valence-electron chi connectivity index (χ4n) is 1.80. The monoisotopic (exact) mass is 335 g/mol. The Morgan fingerprint density at radius 3 is 2.70 bits per heavy atom. The average molecular weight is 335 g/mol. The molecule has 1 heterocycles. The van der Waals surface area contributed by atoms with Crippen LogP contribution in [0.1, 0.15) is 27.7 Å². The number of rotatable bonds is 5. The molecular weight excluding hydrogens is 314 g/mol. The van der Waals surface area contributed by atoms with Crippen LogP contribution in [0.4, 0.5) is 5.13 Å². The number of benzene rings is 1. The first-order chi connectivity index (χ1) is 10.8. The van der Waals surface area contributed by atoms with Crippen LogP contribution in [-0.2, 0) is 9.59 Å². The maximum Gasteiger partial charge on any atom is 0.245 e. The number of aromatic nitrogens is 1. The highest BCUT2D eigenvalue weighted by Gasteiger charge is 2.21. The van der Waals surface area contributed by atoms with Crippen molar-refractivity contribution in [1.29, 1.82) is 0 Å². The minimum atomic E-state index is -0.522. The Morgan fingerprint density at radius 2 is 2.04 bits per heavy atom. The molecule has 0 saturated heterocycles. The zero-order chi connectivity index (χ0) is 17.0. The van der Waals surface area contributed by atoms with E-state index in [2.05, 4.69) is 15.6 Å². The van der Waals surface area contributed by atoms with Crippen molar-refractivity contribution in [2.75, 3.05) is 18.5 Å². The maximum atomic E-state index is 11.9. The number of anilines is 1. The second kappa shape index (κ2) is 6.95. The fourth-order valence-corrected chi connectivity index (χ4v) is 2.71. The summed E-state index contributed by atoms with van der Waals surface area (Å²) in [6.07, 6.45) is 0. The molecule has 1 aromatic carbocycles. The summed E-state index contributed by atoms with van der Waals surface area (Å²) in [5, 5.41) is 5.81. The largest absolute Gasteiger partial charge is 0.494 e. The van der Waals surface area contributed by atoms with Gasteiger partial charge in [-0.2, -0.15) is 0 Å². The Bertz CT molecular complexity index is 719. The molecule has 0 radical (unpaired) electrons. The Balaban J connectivity index is 1.98. The number of ether oxygens (including phenoxy) is 1. The van der Waals surface area contributed by atoms with E-state index in [1.807, 2.05) is 25.1 Å². The summed E-state index contributed by atoms with van der Waals surface area (Å²) in [5.41, 5.74) is 0.277. The third-order valence-electron chi connectivity index (χ3n) is 3.01. The summed E-state index contributed by atoms with van der Waals surface area (Å²) in [6, 6.07) is 5.60. The minimum absolute atomic E-state index is 0.0732. The predicted molar refractivity (Wildman–Crippen MR) is 91.9 cm³/mol. The highest BCUT2D eigenvalue weighted by atomic mass is 32.1. The molecule has 2 aromatic rings. The molecule has 124 valence electrons. The van der Waals surface area contributed by atoms with Gasteiger partial charge in [-0.25, -0.2) is 4.98 Å². The van der Waals surface area contributed by atoms with Crippen molar-refractivity contribution in [1.82, 2.24) is 10.3 Å². The van der Waals surface area contributed by atoms with E-state index < -0.39 is 5.41 Å². The highest BCUT2D eigenvalue weighted by molar-refractivity contribution is 7.22. The van der Waals surface area contributed by atoms with Gasteiger partial charge >= 0.3 is 0 Å². The van der Waals surface area contributed by atoms with Crippen LogP contribution >= 0.6 is 11.3 Å². The van der Waals surface area contributed by atoms with E-state index >= 15 is 0 Å². The van der Waals surface area contributed by atoms with E-state index in [4.69, 9.17) is 4.74 Å². The van der Waals surface area contributed by atoms with Crippen LogP contribution in [0, 0.1) is 5.41 Å². The van der Waals surface area contributed by atoms with E-state index in [-0.39, 0.29) is 18.4 Å². The molecule has 2 rings (SSSR count). The second-order valence-corrected chi connectivity index (χ2v) is 7.09. The lowest BCUT2D eigenvalue weighted by Gasteiger charge is -2.17. The van der Waals surface area contributed by atoms with Gasteiger partial charge in [-0.15, -0.1) is 0 Å². The van der Waals surface area contributed by atoms with Crippen molar-refractivity contribution in [2.24, 2.45) is 5.41 Å². The number of hydrogen-bond donors (Lipinski definition) is 2. The van der Waals surface area contributed by atoms with Gasteiger partial charge in [0.2, 0.25) is 11.8 Å². The van der Waals surface area contributed by atoms with E-state index in [1.54, 1.807) is 20.8 Å². The standard InChI is InChI=1S/C16H21N3O3S/c1-5-22-10-6-7-11-12(8-10)23-15(18-11)19-13(20)9-17-14(21)16(2,3)4/h6-8H,5,9H2,1-4H3,(H,17,21)(H,18,19,20). The van der Waals surface area contributed by atoms with Crippen LogP contribution in [0.5, 0.6) is 5.75 Å². The number of carbonyl (C=O) groups is 2. The SMILES string of the molecule is CCOc1ccc2nc(NC(=O)CNC(=O)C(C)(C)C)sc2c1. The lowest BCUT2D eigenvalue weighted by atomic mass is 9.96. The van der Waals surface area contributed by atoms with Gasteiger partial charge in [0.25, 0.3) is 0 Å². The summed E-state index contributed by atoms with van der Waals surface area (Å²) in [6.45, 7) is 7.84. The number of nitrogens with one attached hydrogen (secondary N) is 2. The molecule has 0 saturated carbocycles. The van der Waals surface area contributed by atoms with Gasteiger partial charge in [-0.05, 0) is 25.1 Å². The molecule has 2 N–H and O–H groups in total. The number of fused-ring (bicyclic) bond motifs is 1. The highest BCUT2D eigenvalue weighted by Crippen LogP contribution is 2.29. The average Bonchev–Trinajstić information content (AvgIpc) is 2.85. The second-order valence-electron chi connectivity index (χ2n) is 6.06. The topological polar surface area (TPSA) is 80.3 Å². The van der Waals surface area contributed by atoms with E-state index in [9.17, 15) is 9.59 Å². The molecule has 7 heteroatoms. The summed E-state index contributed by atoms with van der Waals surface area (Å²) >= 11 is 1.37. The van der Waals surface area contributed by atoms with Crippen LogP contribution < -0.4 is 15.4 Å². The van der Waals surface area contributed by atoms with Crippen LogP contribution in [-0.4, -0.2) is 29.9 Å². The number of hydrogen-bond acceptors (Lipinski definition) is 5. The minimum Gasteiger partial charge on any atom is -0.494 e.